The SMILES string of the molecule is C1COC(C2CN3CCC2CC3)CN1. The summed E-state index contributed by atoms with van der Waals surface area (Å²) in [4.78, 5) is 2.61. The largest absolute Gasteiger partial charge is 0.375 e. The Labute approximate surface area is 85.8 Å². The Bertz CT molecular complexity index is 195. The predicted molar refractivity (Wildman–Crippen MR) is 55.3 cm³/mol. The van der Waals surface area contributed by atoms with Crippen LogP contribution in [0.3, 0.4) is 0 Å². The van der Waals surface area contributed by atoms with Crippen LogP contribution in [0.4, 0.5) is 0 Å². The molecule has 3 nitrogen and oxygen atoms in total. The summed E-state index contributed by atoms with van der Waals surface area (Å²) in [5, 5.41) is 3.45. The number of nitrogens with one attached hydrogen (secondary N) is 1. The van der Waals surface area contributed by atoms with Gasteiger partial charge in [0, 0.05) is 25.6 Å². The number of hydrogen-bond acceptors (Lipinski definition) is 3. The quantitative estimate of drug-likeness (QED) is 0.653. The molecule has 4 fully saturated rings. The van der Waals surface area contributed by atoms with E-state index in [2.05, 4.69) is 10.2 Å². The Morgan fingerprint density at radius 3 is 2.64 bits per heavy atom. The molecule has 0 spiro atoms. The molecule has 4 saturated heterocycles. The second-order valence-electron chi connectivity index (χ2n) is 4.92. The molecule has 2 atom stereocenters. The van der Waals surface area contributed by atoms with E-state index in [1.54, 1.807) is 0 Å². The number of ether oxygens (including phenoxy) is 1. The van der Waals surface area contributed by atoms with Crippen molar-refractivity contribution in [3.8, 4) is 0 Å². The minimum Gasteiger partial charge on any atom is -0.375 e. The lowest BCUT2D eigenvalue weighted by Crippen LogP contribution is -2.55. The van der Waals surface area contributed by atoms with Gasteiger partial charge >= 0.3 is 0 Å². The van der Waals surface area contributed by atoms with Crippen molar-refractivity contribution in [1.29, 1.82) is 0 Å². The zero-order chi connectivity index (χ0) is 9.38. The van der Waals surface area contributed by atoms with Gasteiger partial charge in [-0.15, -0.1) is 0 Å². The number of hydrogen-bond donors (Lipinski definition) is 1. The van der Waals surface area contributed by atoms with Gasteiger partial charge in [-0.1, -0.05) is 0 Å². The van der Waals surface area contributed by atoms with Crippen LogP contribution in [0.5, 0.6) is 0 Å². The number of rotatable bonds is 1. The van der Waals surface area contributed by atoms with Crippen LogP contribution in [0, 0.1) is 11.8 Å². The van der Waals surface area contributed by atoms with Crippen LogP contribution in [-0.4, -0.2) is 50.3 Å². The van der Waals surface area contributed by atoms with E-state index in [0.29, 0.717) is 6.10 Å². The van der Waals surface area contributed by atoms with Crippen molar-refractivity contribution in [2.45, 2.75) is 18.9 Å². The lowest BCUT2D eigenvalue weighted by Gasteiger charge is -2.48. The van der Waals surface area contributed by atoms with Crippen LogP contribution in [0.15, 0.2) is 0 Å². The molecular weight excluding hydrogens is 176 g/mol. The summed E-state index contributed by atoms with van der Waals surface area (Å²) in [5.41, 5.74) is 0. The van der Waals surface area contributed by atoms with Crippen LogP contribution in [0.2, 0.25) is 0 Å². The van der Waals surface area contributed by atoms with Gasteiger partial charge in [0.1, 0.15) is 0 Å². The second kappa shape index (κ2) is 3.80. The number of morpholine rings is 1. The fourth-order valence-electron chi connectivity index (χ4n) is 3.29. The monoisotopic (exact) mass is 196 g/mol. The smallest absolute Gasteiger partial charge is 0.0743 e. The van der Waals surface area contributed by atoms with Crippen molar-refractivity contribution in [1.82, 2.24) is 10.2 Å². The van der Waals surface area contributed by atoms with Crippen LogP contribution in [0.25, 0.3) is 0 Å². The van der Waals surface area contributed by atoms with E-state index in [-0.39, 0.29) is 0 Å². The van der Waals surface area contributed by atoms with Crippen molar-refractivity contribution < 1.29 is 4.74 Å². The molecule has 0 aromatic carbocycles. The molecule has 0 saturated carbocycles. The van der Waals surface area contributed by atoms with Gasteiger partial charge in [-0.05, 0) is 31.8 Å². The first-order valence-corrected chi connectivity index (χ1v) is 5.98. The fraction of sp³-hybridized carbons (Fsp3) is 1.00. The van der Waals surface area contributed by atoms with Gasteiger partial charge in [-0.25, -0.2) is 0 Å². The van der Waals surface area contributed by atoms with E-state index in [4.69, 9.17) is 4.74 Å². The summed E-state index contributed by atoms with van der Waals surface area (Å²) in [6.45, 7) is 6.99. The average Bonchev–Trinajstić information content (AvgIpc) is 2.32. The van der Waals surface area contributed by atoms with Crippen molar-refractivity contribution in [3.63, 3.8) is 0 Å². The first-order valence-electron chi connectivity index (χ1n) is 5.98. The van der Waals surface area contributed by atoms with E-state index in [1.165, 1.54) is 32.5 Å². The molecule has 2 unspecified atom stereocenters. The highest BCUT2D eigenvalue weighted by Gasteiger charge is 2.39. The molecule has 1 N–H and O–H groups in total. The summed E-state index contributed by atoms with van der Waals surface area (Å²) in [5.74, 6) is 1.76. The van der Waals surface area contributed by atoms with Crippen molar-refractivity contribution in [2.24, 2.45) is 11.8 Å². The Hall–Kier alpha value is -0.120. The highest BCUT2D eigenvalue weighted by atomic mass is 16.5. The molecule has 3 heteroatoms. The van der Waals surface area contributed by atoms with Gasteiger partial charge in [0.15, 0.2) is 0 Å². The Morgan fingerprint density at radius 1 is 1.21 bits per heavy atom. The maximum absolute atomic E-state index is 5.88. The van der Waals surface area contributed by atoms with Crippen LogP contribution >= 0.6 is 0 Å². The topological polar surface area (TPSA) is 24.5 Å². The van der Waals surface area contributed by atoms with Crippen LogP contribution in [-0.2, 0) is 4.74 Å². The Balaban J connectivity index is 1.66. The van der Waals surface area contributed by atoms with Gasteiger partial charge in [-0.2, -0.15) is 0 Å². The maximum atomic E-state index is 5.88. The summed E-state index contributed by atoms with van der Waals surface area (Å²) in [7, 11) is 0. The molecule has 4 heterocycles. The van der Waals surface area contributed by atoms with Gasteiger partial charge in [-0.3, -0.25) is 0 Å². The van der Waals surface area contributed by atoms with E-state index in [0.717, 1.165) is 31.5 Å². The molecular formula is C11H20N2O. The Morgan fingerprint density at radius 2 is 2.07 bits per heavy atom. The predicted octanol–water partition coefficient (Wildman–Crippen LogP) is 0.317. The second-order valence-corrected chi connectivity index (χ2v) is 4.92. The first kappa shape index (κ1) is 9.13. The van der Waals surface area contributed by atoms with Crippen LogP contribution < -0.4 is 5.32 Å². The molecule has 4 aliphatic heterocycles. The molecule has 4 rings (SSSR count). The summed E-state index contributed by atoms with van der Waals surface area (Å²) in [6.07, 6.45) is 3.31. The van der Waals surface area contributed by atoms with E-state index < -0.39 is 0 Å². The molecule has 0 aromatic rings. The summed E-state index contributed by atoms with van der Waals surface area (Å²) < 4.78 is 5.88. The number of piperidine rings is 3. The van der Waals surface area contributed by atoms with Crippen molar-refractivity contribution in [3.05, 3.63) is 0 Å². The van der Waals surface area contributed by atoms with E-state index in [1.807, 2.05) is 0 Å². The highest BCUT2D eigenvalue weighted by molar-refractivity contribution is 4.91. The molecule has 14 heavy (non-hydrogen) atoms. The molecule has 0 amide bonds. The third-order valence-corrected chi connectivity index (χ3v) is 4.14. The maximum Gasteiger partial charge on any atom is 0.0743 e. The van der Waals surface area contributed by atoms with Crippen LogP contribution in [0.1, 0.15) is 12.8 Å². The highest BCUT2D eigenvalue weighted by Crippen LogP contribution is 2.35. The molecule has 0 aromatic heterocycles. The van der Waals surface area contributed by atoms with Crippen molar-refractivity contribution in [2.75, 3.05) is 39.3 Å². The fourth-order valence-corrected chi connectivity index (χ4v) is 3.29. The third kappa shape index (κ3) is 1.58. The first-order chi connectivity index (χ1) is 6.93. The zero-order valence-corrected chi connectivity index (χ0v) is 8.74. The van der Waals surface area contributed by atoms with E-state index in [9.17, 15) is 0 Å². The van der Waals surface area contributed by atoms with Gasteiger partial charge in [0.2, 0.25) is 0 Å². The molecule has 4 aliphatic rings. The lowest BCUT2D eigenvalue weighted by molar-refractivity contribution is -0.0729. The van der Waals surface area contributed by atoms with Crippen molar-refractivity contribution >= 4 is 0 Å². The zero-order valence-electron chi connectivity index (χ0n) is 8.74. The van der Waals surface area contributed by atoms with Gasteiger partial charge < -0.3 is 15.0 Å². The summed E-state index contributed by atoms with van der Waals surface area (Å²) in [6, 6.07) is 0. The lowest BCUT2D eigenvalue weighted by atomic mass is 9.76. The number of nitrogens with zero attached hydrogens (tertiary/aromatic N) is 1. The Kier molecular flexibility index (Phi) is 2.48. The molecule has 0 radical (unpaired) electrons. The average molecular weight is 196 g/mol. The molecule has 0 aliphatic carbocycles. The van der Waals surface area contributed by atoms with E-state index >= 15 is 0 Å². The standard InChI is InChI=1S/C11H20N2O/c1-4-13-5-2-9(1)10(8-13)11-7-12-3-6-14-11/h9-12H,1-8H2. The summed E-state index contributed by atoms with van der Waals surface area (Å²) >= 11 is 0. The third-order valence-electron chi connectivity index (χ3n) is 4.14. The normalized spacial score (nSPS) is 48.0. The minimum absolute atomic E-state index is 0.497. The minimum atomic E-state index is 0.497. The molecule has 2 bridgehead atoms. The number of fused-ring (bicyclic) bond motifs is 3. The van der Waals surface area contributed by atoms with Gasteiger partial charge in [0.05, 0.1) is 12.7 Å². The van der Waals surface area contributed by atoms with Gasteiger partial charge in [0.25, 0.3) is 0 Å². The molecule has 80 valence electrons.